The van der Waals surface area contributed by atoms with Crippen LogP contribution >= 0.6 is 22.7 Å². The summed E-state index contributed by atoms with van der Waals surface area (Å²) in [6, 6.07) is 16.8. The Bertz CT molecular complexity index is 1320. The molecule has 1 fully saturated rings. The summed E-state index contributed by atoms with van der Waals surface area (Å²) in [5, 5.41) is 4.98. The molecule has 2 atom stereocenters. The van der Waals surface area contributed by atoms with E-state index in [0.717, 1.165) is 35.4 Å². The van der Waals surface area contributed by atoms with Crippen molar-refractivity contribution in [1.82, 2.24) is 9.97 Å². The van der Waals surface area contributed by atoms with Gasteiger partial charge in [-0.15, -0.1) is 22.7 Å². The number of thiazole rings is 2. The molecule has 5 rings (SSSR count). The molecule has 4 aromatic rings. The number of nitrogens with zero attached hydrogens (tertiary/aromatic N) is 4. The van der Waals surface area contributed by atoms with Crippen LogP contribution in [0.25, 0.3) is 22.5 Å². The van der Waals surface area contributed by atoms with Gasteiger partial charge in [-0.05, 0) is 35.8 Å². The predicted molar refractivity (Wildman–Crippen MR) is 157 cm³/mol. The number of carbonyl (C=O) groups is 2. The molecular weight excluding hydrogens is 512 g/mol. The number of carbonyl (C=O) groups excluding carboxylic acids is 2. The zero-order valence-corrected chi connectivity index (χ0v) is 23.8. The number of rotatable bonds is 8. The summed E-state index contributed by atoms with van der Waals surface area (Å²) in [6.45, 7) is 8.71. The van der Waals surface area contributed by atoms with Gasteiger partial charge >= 0.3 is 0 Å². The maximum Gasteiger partial charge on any atom is 0.249 e. The Hall–Kier alpha value is -3.36. The molecule has 0 spiro atoms. The van der Waals surface area contributed by atoms with Crippen molar-refractivity contribution in [3.8, 4) is 22.5 Å². The Balaban J connectivity index is 1.28. The number of anilines is 2. The molecule has 8 heteroatoms. The average Bonchev–Trinajstić information content (AvgIpc) is 3.64. The molecule has 1 aliphatic rings. The van der Waals surface area contributed by atoms with Crippen LogP contribution in [0.1, 0.15) is 63.5 Å². The number of hydrogen-bond acceptors (Lipinski definition) is 6. The van der Waals surface area contributed by atoms with E-state index in [9.17, 15) is 9.59 Å². The summed E-state index contributed by atoms with van der Waals surface area (Å²) in [5.41, 5.74) is 6.24. The normalized spacial score (nSPS) is 15.7. The summed E-state index contributed by atoms with van der Waals surface area (Å²) < 4.78 is 0. The Morgan fingerprint density at radius 1 is 0.684 bits per heavy atom. The minimum atomic E-state index is -0.160. The van der Waals surface area contributed by atoms with Crippen molar-refractivity contribution in [2.75, 3.05) is 22.9 Å². The van der Waals surface area contributed by atoms with Crippen LogP contribution in [0.15, 0.2) is 59.3 Å². The first kappa shape index (κ1) is 26.3. The fourth-order valence-corrected chi connectivity index (χ4v) is 6.15. The maximum absolute atomic E-state index is 13.1. The second kappa shape index (κ2) is 11.2. The summed E-state index contributed by atoms with van der Waals surface area (Å²) in [6.07, 6.45) is 2.19. The summed E-state index contributed by atoms with van der Waals surface area (Å²) >= 11 is 2.77. The van der Waals surface area contributed by atoms with Gasteiger partial charge in [0.2, 0.25) is 11.8 Å². The second-order valence-electron chi connectivity index (χ2n) is 9.85. The van der Waals surface area contributed by atoms with Crippen LogP contribution in [0.5, 0.6) is 0 Å². The third kappa shape index (κ3) is 5.28. The number of aromatic nitrogens is 2. The van der Waals surface area contributed by atoms with Crippen LogP contribution in [0.2, 0.25) is 0 Å². The smallest absolute Gasteiger partial charge is 0.249 e. The first-order valence-electron chi connectivity index (χ1n) is 13.1. The monoisotopic (exact) mass is 544 g/mol. The Labute approximate surface area is 232 Å². The average molecular weight is 545 g/mol. The van der Waals surface area contributed by atoms with Crippen LogP contribution in [0.4, 0.5) is 10.3 Å². The fourth-order valence-electron chi connectivity index (χ4n) is 4.44. The highest BCUT2D eigenvalue weighted by Gasteiger charge is 2.34. The Morgan fingerprint density at radius 2 is 1.05 bits per heavy atom. The van der Waals surface area contributed by atoms with Gasteiger partial charge in [-0.2, -0.15) is 0 Å². The third-order valence-corrected chi connectivity index (χ3v) is 9.14. The van der Waals surface area contributed by atoms with E-state index in [0.29, 0.717) is 22.1 Å². The van der Waals surface area contributed by atoms with E-state index in [-0.39, 0.29) is 24.9 Å². The number of hydrogen-bond donors (Lipinski definition) is 0. The lowest BCUT2D eigenvalue weighted by atomic mass is 9.97. The minimum Gasteiger partial charge on any atom is -0.277 e. The summed E-state index contributed by atoms with van der Waals surface area (Å²) in [5.74, 6) is 0.706. The van der Waals surface area contributed by atoms with E-state index >= 15 is 0 Å². The lowest BCUT2D eigenvalue weighted by Gasteiger charge is -2.30. The number of amides is 2. The molecule has 196 valence electrons. The first-order chi connectivity index (χ1) is 18.4. The molecule has 6 nitrogen and oxygen atoms in total. The highest BCUT2D eigenvalue weighted by atomic mass is 32.1. The zero-order chi connectivity index (χ0) is 26.8. The molecule has 0 radical (unpaired) electrons. The van der Waals surface area contributed by atoms with Gasteiger partial charge in [0.15, 0.2) is 10.3 Å². The Morgan fingerprint density at radius 3 is 1.39 bits per heavy atom. The molecule has 0 saturated carbocycles. The molecular formula is C30H32N4O2S2. The van der Waals surface area contributed by atoms with E-state index in [1.807, 2.05) is 10.8 Å². The van der Waals surface area contributed by atoms with E-state index in [2.05, 4.69) is 76.2 Å². The predicted octanol–water partition coefficient (Wildman–Crippen LogP) is 7.34. The van der Waals surface area contributed by atoms with Crippen molar-refractivity contribution in [2.45, 2.75) is 52.4 Å². The maximum atomic E-state index is 13.1. The molecule has 0 bridgehead atoms. The van der Waals surface area contributed by atoms with Crippen molar-refractivity contribution in [3.05, 3.63) is 70.4 Å². The lowest BCUT2D eigenvalue weighted by molar-refractivity contribution is -0.125. The number of piperazine rings is 1. The first-order valence-corrected chi connectivity index (χ1v) is 14.9. The standard InChI is InChI=1S/C30H32N4O2S2/c1-5-19(3)21-7-11-23(12-8-21)25-17-37-29(31-25)33-15-28(36)34(16-27(33)35)30-32-26(18-38-30)24-13-9-22(10-14-24)20(4)6-2/h7-14,17-20H,5-6,15-16H2,1-4H3. The zero-order valence-electron chi connectivity index (χ0n) is 22.2. The van der Waals surface area contributed by atoms with Gasteiger partial charge in [0.1, 0.15) is 13.1 Å². The van der Waals surface area contributed by atoms with Crippen molar-refractivity contribution in [3.63, 3.8) is 0 Å². The molecule has 1 aliphatic heterocycles. The molecule has 38 heavy (non-hydrogen) atoms. The summed E-state index contributed by atoms with van der Waals surface area (Å²) in [4.78, 5) is 38.6. The van der Waals surface area contributed by atoms with Gasteiger partial charge in [-0.3, -0.25) is 19.4 Å². The van der Waals surface area contributed by atoms with Gasteiger partial charge < -0.3 is 0 Å². The quantitative estimate of drug-likeness (QED) is 0.233. The molecule has 3 heterocycles. The summed E-state index contributed by atoms with van der Waals surface area (Å²) in [7, 11) is 0. The molecule has 0 N–H and O–H groups in total. The molecule has 2 amide bonds. The van der Waals surface area contributed by atoms with Crippen LogP contribution in [-0.2, 0) is 9.59 Å². The van der Waals surface area contributed by atoms with Crippen LogP contribution in [0.3, 0.4) is 0 Å². The third-order valence-electron chi connectivity index (χ3n) is 7.41. The van der Waals surface area contributed by atoms with Gasteiger partial charge in [0, 0.05) is 21.9 Å². The molecule has 0 aliphatic carbocycles. The van der Waals surface area contributed by atoms with Crippen molar-refractivity contribution in [1.29, 1.82) is 0 Å². The van der Waals surface area contributed by atoms with E-state index in [1.165, 1.54) is 43.6 Å². The minimum absolute atomic E-state index is 0.0444. The van der Waals surface area contributed by atoms with Crippen molar-refractivity contribution in [2.24, 2.45) is 0 Å². The highest BCUT2D eigenvalue weighted by Crippen LogP contribution is 2.33. The van der Waals surface area contributed by atoms with Gasteiger partial charge in [0.25, 0.3) is 0 Å². The van der Waals surface area contributed by atoms with Crippen LogP contribution < -0.4 is 9.80 Å². The Kier molecular flexibility index (Phi) is 7.72. The van der Waals surface area contributed by atoms with E-state index in [1.54, 1.807) is 0 Å². The van der Waals surface area contributed by atoms with Gasteiger partial charge in [0.05, 0.1) is 11.4 Å². The van der Waals surface area contributed by atoms with Gasteiger partial charge in [-0.1, -0.05) is 76.2 Å². The largest absolute Gasteiger partial charge is 0.277 e. The second-order valence-corrected chi connectivity index (χ2v) is 11.5. The van der Waals surface area contributed by atoms with Gasteiger partial charge in [-0.25, -0.2) is 9.97 Å². The lowest BCUT2D eigenvalue weighted by Crippen LogP contribution is -2.54. The molecule has 2 aromatic heterocycles. The molecule has 2 unspecified atom stereocenters. The molecule has 2 aromatic carbocycles. The topological polar surface area (TPSA) is 66.4 Å². The van der Waals surface area contributed by atoms with Crippen molar-refractivity contribution < 1.29 is 9.59 Å². The van der Waals surface area contributed by atoms with Crippen LogP contribution in [0, 0.1) is 0 Å². The fraction of sp³-hybridized carbons (Fsp3) is 0.333. The highest BCUT2D eigenvalue weighted by molar-refractivity contribution is 7.14. The van der Waals surface area contributed by atoms with Crippen LogP contribution in [-0.4, -0.2) is 34.9 Å². The SMILES string of the molecule is CCC(C)c1ccc(-c2csc(N3CC(=O)N(c4nc(-c5ccc(C(C)CC)cc5)cs4)CC3=O)n2)cc1. The van der Waals surface area contributed by atoms with E-state index < -0.39 is 0 Å². The number of benzene rings is 2. The molecule has 1 saturated heterocycles. The van der Waals surface area contributed by atoms with Crippen molar-refractivity contribution >= 4 is 44.8 Å². The van der Waals surface area contributed by atoms with E-state index in [4.69, 9.17) is 9.97 Å².